The van der Waals surface area contributed by atoms with Crippen LogP contribution in [0.4, 0.5) is 10.1 Å². The number of alkyl halides is 2. The zero-order valence-electron chi connectivity index (χ0n) is 10.9. The predicted octanol–water partition coefficient (Wildman–Crippen LogP) is 2.83. The summed E-state index contributed by atoms with van der Waals surface area (Å²) in [6.07, 6.45) is 4.35. The lowest BCUT2D eigenvalue weighted by Gasteiger charge is -2.12. The van der Waals surface area contributed by atoms with Gasteiger partial charge in [0.1, 0.15) is 0 Å². The summed E-state index contributed by atoms with van der Waals surface area (Å²) >= 11 is 5.01. The van der Waals surface area contributed by atoms with Crippen LogP contribution < -0.4 is 10.6 Å². The molecule has 1 atom stereocenters. The van der Waals surface area contributed by atoms with E-state index in [9.17, 15) is 14.0 Å². The van der Waals surface area contributed by atoms with Crippen LogP contribution in [0.5, 0.6) is 0 Å². The Morgan fingerprint density at radius 1 is 1.20 bits per heavy atom. The number of hydrogen-bond donors (Lipinski definition) is 2. The zero-order valence-corrected chi connectivity index (χ0v) is 11.6. The molecule has 1 aliphatic carbocycles. The minimum Gasteiger partial charge on any atom is -0.349 e. The van der Waals surface area contributed by atoms with Crippen LogP contribution in [0.25, 0.3) is 0 Å². The zero-order chi connectivity index (χ0) is 14.5. The first-order valence-corrected chi connectivity index (χ1v) is 7.00. The Kier molecular flexibility index (Phi) is 4.95. The van der Waals surface area contributed by atoms with Crippen LogP contribution in [0, 0.1) is 0 Å². The topological polar surface area (TPSA) is 58.2 Å². The Bertz CT molecular complexity index is 484. The molecule has 1 aliphatic rings. The molecule has 2 amide bonds. The summed E-state index contributed by atoms with van der Waals surface area (Å²) < 4.78 is 12.5. The van der Waals surface area contributed by atoms with Crippen molar-refractivity contribution < 1.29 is 14.0 Å². The van der Waals surface area contributed by atoms with Gasteiger partial charge in [-0.15, -0.1) is 0 Å². The van der Waals surface area contributed by atoms with E-state index in [1.807, 2.05) is 0 Å². The molecule has 0 saturated heterocycles. The fourth-order valence-electron chi connectivity index (χ4n) is 2.24. The van der Waals surface area contributed by atoms with Crippen molar-refractivity contribution in [1.29, 1.82) is 0 Å². The summed E-state index contributed by atoms with van der Waals surface area (Å²) in [6.45, 7) is 0. The second-order valence-corrected chi connectivity index (χ2v) is 5.21. The number of hydrogen-bond acceptors (Lipinski definition) is 2. The second kappa shape index (κ2) is 6.70. The average Bonchev–Trinajstić information content (AvgIpc) is 2.92. The molecule has 2 N–H and O–H groups in total. The summed E-state index contributed by atoms with van der Waals surface area (Å²) in [6, 6.07) is 6.51. The number of carbonyl (C=O) groups is 2. The molecule has 1 unspecified atom stereocenters. The van der Waals surface area contributed by atoms with Gasteiger partial charge in [0, 0.05) is 17.3 Å². The van der Waals surface area contributed by atoms with E-state index in [1.54, 1.807) is 24.3 Å². The van der Waals surface area contributed by atoms with Gasteiger partial charge in [0.05, 0.1) is 0 Å². The number of rotatable bonds is 4. The summed E-state index contributed by atoms with van der Waals surface area (Å²) in [4.78, 5) is 23.0. The highest BCUT2D eigenvalue weighted by molar-refractivity contribution is 6.31. The van der Waals surface area contributed by atoms with Crippen molar-refractivity contribution in [2.45, 2.75) is 37.4 Å². The highest BCUT2D eigenvalue weighted by Crippen LogP contribution is 2.18. The standard InChI is InChI=1S/C14H16ClFN2O2/c15-12(16)14(20)18-11-7-5-9(6-8-11)13(19)17-10-3-1-2-4-10/h5-8,10,12H,1-4H2,(H,17,19)(H,18,20). The van der Waals surface area contributed by atoms with Gasteiger partial charge in [-0.1, -0.05) is 24.4 Å². The first-order chi connectivity index (χ1) is 9.56. The van der Waals surface area contributed by atoms with Gasteiger partial charge in [-0.25, -0.2) is 4.39 Å². The highest BCUT2D eigenvalue weighted by Gasteiger charge is 2.18. The summed E-state index contributed by atoms with van der Waals surface area (Å²) in [7, 11) is 0. The Labute approximate surface area is 121 Å². The Hall–Kier alpha value is -1.62. The quantitative estimate of drug-likeness (QED) is 0.840. The molecule has 0 aromatic heterocycles. The molecule has 20 heavy (non-hydrogen) atoms. The minimum atomic E-state index is -2.08. The van der Waals surface area contributed by atoms with Crippen molar-refractivity contribution in [1.82, 2.24) is 5.32 Å². The number of nitrogens with one attached hydrogen (secondary N) is 2. The van der Waals surface area contributed by atoms with Gasteiger partial charge in [-0.05, 0) is 37.1 Å². The van der Waals surface area contributed by atoms with Crippen LogP contribution >= 0.6 is 11.6 Å². The van der Waals surface area contributed by atoms with Gasteiger partial charge in [0.2, 0.25) is 0 Å². The van der Waals surface area contributed by atoms with E-state index < -0.39 is 11.5 Å². The number of carbonyl (C=O) groups excluding carboxylic acids is 2. The first kappa shape index (κ1) is 14.8. The van der Waals surface area contributed by atoms with E-state index in [4.69, 9.17) is 11.6 Å². The van der Waals surface area contributed by atoms with Gasteiger partial charge >= 0.3 is 0 Å². The SMILES string of the molecule is O=C(NC1CCCC1)c1ccc(NC(=O)C(F)Cl)cc1. The van der Waals surface area contributed by atoms with Crippen LogP contribution in [0.15, 0.2) is 24.3 Å². The van der Waals surface area contributed by atoms with Crippen molar-refractivity contribution >= 4 is 29.1 Å². The number of amides is 2. The summed E-state index contributed by atoms with van der Waals surface area (Å²) in [5.41, 5.74) is -1.17. The van der Waals surface area contributed by atoms with E-state index in [0.717, 1.165) is 25.7 Å². The van der Waals surface area contributed by atoms with Crippen LogP contribution in [-0.2, 0) is 4.79 Å². The van der Waals surface area contributed by atoms with Gasteiger partial charge < -0.3 is 10.6 Å². The Morgan fingerprint density at radius 3 is 2.35 bits per heavy atom. The Balaban J connectivity index is 1.93. The lowest BCUT2D eigenvalue weighted by Crippen LogP contribution is -2.32. The van der Waals surface area contributed by atoms with Crippen molar-refractivity contribution in [2.75, 3.05) is 5.32 Å². The normalized spacial score (nSPS) is 16.7. The van der Waals surface area contributed by atoms with Gasteiger partial charge in [0.15, 0.2) is 0 Å². The fourth-order valence-corrected chi connectivity index (χ4v) is 2.30. The molecule has 0 heterocycles. The molecular weight excluding hydrogens is 283 g/mol. The number of benzene rings is 1. The lowest BCUT2D eigenvalue weighted by molar-refractivity contribution is -0.118. The molecule has 1 aromatic carbocycles. The third kappa shape index (κ3) is 3.93. The molecular formula is C14H16ClFN2O2. The summed E-state index contributed by atoms with van der Waals surface area (Å²) in [5.74, 6) is -1.05. The fraction of sp³-hybridized carbons (Fsp3) is 0.429. The van der Waals surface area contributed by atoms with E-state index in [1.165, 1.54) is 0 Å². The average molecular weight is 299 g/mol. The molecule has 0 aliphatic heterocycles. The summed E-state index contributed by atoms with van der Waals surface area (Å²) in [5, 5.41) is 5.27. The predicted molar refractivity (Wildman–Crippen MR) is 75.5 cm³/mol. The number of anilines is 1. The minimum absolute atomic E-state index is 0.129. The van der Waals surface area contributed by atoms with Crippen molar-refractivity contribution in [3.8, 4) is 0 Å². The Morgan fingerprint density at radius 2 is 1.80 bits per heavy atom. The monoisotopic (exact) mass is 298 g/mol. The maximum atomic E-state index is 12.5. The maximum absolute atomic E-state index is 12.5. The molecule has 0 radical (unpaired) electrons. The lowest BCUT2D eigenvalue weighted by atomic mass is 10.1. The third-order valence-corrected chi connectivity index (χ3v) is 3.50. The smallest absolute Gasteiger partial charge is 0.274 e. The maximum Gasteiger partial charge on any atom is 0.274 e. The van der Waals surface area contributed by atoms with Crippen molar-refractivity contribution in [3.63, 3.8) is 0 Å². The third-order valence-electron chi connectivity index (χ3n) is 3.30. The highest BCUT2D eigenvalue weighted by atomic mass is 35.5. The molecule has 2 rings (SSSR count). The molecule has 0 bridgehead atoms. The van der Waals surface area contributed by atoms with E-state index >= 15 is 0 Å². The van der Waals surface area contributed by atoms with Gasteiger partial charge in [-0.3, -0.25) is 9.59 Å². The first-order valence-electron chi connectivity index (χ1n) is 6.56. The molecule has 6 heteroatoms. The van der Waals surface area contributed by atoms with E-state index in [-0.39, 0.29) is 11.9 Å². The van der Waals surface area contributed by atoms with Crippen LogP contribution in [0.2, 0.25) is 0 Å². The number of halogens is 2. The van der Waals surface area contributed by atoms with Gasteiger partial charge in [-0.2, -0.15) is 0 Å². The molecule has 4 nitrogen and oxygen atoms in total. The van der Waals surface area contributed by atoms with Crippen LogP contribution in [-0.4, -0.2) is 23.5 Å². The molecule has 1 aromatic rings. The van der Waals surface area contributed by atoms with Crippen molar-refractivity contribution in [3.05, 3.63) is 29.8 Å². The largest absolute Gasteiger partial charge is 0.349 e. The molecule has 108 valence electrons. The second-order valence-electron chi connectivity index (χ2n) is 4.82. The van der Waals surface area contributed by atoms with Crippen LogP contribution in [0.1, 0.15) is 36.0 Å². The van der Waals surface area contributed by atoms with Gasteiger partial charge in [0.25, 0.3) is 17.4 Å². The van der Waals surface area contributed by atoms with Crippen LogP contribution in [0.3, 0.4) is 0 Å². The molecule has 1 fully saturated rings. The van der Waals surface area contributed by atoms with Crippen molar-refractivity contribution in [2.24, 2.45) is 0 Å². The van der Waals surface area contributed by atoms with E-state index in [0.29, 0.717) is 11.3 Å². The molecule has 0 spiro atoms. The van der Waals surface area contributed by atoms with E-state index in [2.05, 4.69) is 10.6 Å². The molecule has 1 saturated carbocycles.